The van der Waals surface area contributed by atoms with Gasteiger partial charge in [-0.2, -0.15) is 0 Å². The fourth-order valence-electron chi connectivity index (χ4n) is 2.00. The molecule has 0 radical (unpaired) electrons. The molecule has 0 aliphatic heterocycles. The van der Waals surface area contributed by atoms with Crippen LogP contribution in [0.5, 0.6) is 0 Å². The second kappa shape index (κ2) is 5.58. The van der Waals surface area contributed by atoms with E-state index in [1.54, 1.807) is 0 Å². The summed E-state index contributed by atoms with van der Waals surface area (Å²) in [4.78, 5) is 0. The average Bonchev–Trinajstić information content (AvgIpc) is 2.24. The molecular formula is C14H21F2N. The maximum Gasteiger partial charge on any atom is 0.126 e. The van der Waals surface area contributed by atoms with E-state index in [1.165, 1.54) is 12.1 Å². The Hall–Kier alpha value is -0.960. The first-order chi connectivity index (χ1) is 7.90. The standard InChI is InChI=1S/C14H21F2N/c1-5-14(3,4)13(17-6-2)10-7-11(15)9-12(16)8-10/h7-9,13,17H,5-6H2,1-4H3. The van der Waals surface area contributed by atoms with Crippen LogP contribution in [-0.4, -0.2) is 6.54 Å². The minimum Gasteiger partial charge on any atom is -0.310 e. The van der Waals surface area contributed by atoms with Gasteiger partial charge in [0.15, 0.2) is 0 Å². The van der Waals surface area contributed by atoms with Crippen LogP contribution < -0.4 is 5.32 Å². The van der Waals surface area contributed by atoms with Crippen molar-refractivity contribution in [2.45, 2.75) is 40.2 Å². The SMILES string of the molecule is CCNC(c1cc(F)cc(F)c1)C(C)(C)CC. The Morgan fingerprint density at radius 3 is 2.06 bits per heavy atom. The molecule has 1 aromatic carbocycles. The van der Waals surface area contributed by atoms with Crippen molar-refractivity contribution in [2.24, 2.45) is 5.41 Å². The Balaban J connectivity index is 3.13. The fourth-order valence-corrected chi connectivity index (χ4v) is 2.00. The Morgan fingerprint density at radius 2 is 1.65 bits per heavy atom. The van der Waals surface area contributed by atoms with Crippen molar-refractivity contribution in [3.63, 3.8) is 0 Å². The molecule has 96 valence electrons. The lowest BCUT2D eigenvalue weighted by Crippen LogP contribution is -2.34. The van der Waals surface area contributed by atoms with Crippen molar-refractivity contribution in [3.05, 3.63) is 35.4 Å². The van der Waals surface area contributed by atoms with Gasteiger partial charge in [0.25, 0.3) is 0 Å². The molecule has 1 aromatic rings. The summed E-state index contributed by atoms with van der Waals surface area (Å²) in [6, 6.07) is 3.69. The summed E-state index contributed by atoms with van der Waals surface area (Å²) in [6.07, 6.45) is 0.933. The molecule has 1 atom stereocenters. The van der Waals surface area contributed by atoms with Gasteiger partial charge in [-0.3, -0.25) is 0 Å². The number of nitrogens with one attached hydrogen (secondary N) is 1. The zero-order valence-corrected chi connectivity index (χ0v) is 11.0. The molecule has 0 aliphatic rings. The van der Waals surface area contributed by atoms with E-state index < -0.39 is 11.6 Å². The highest BCUT2D eigenvalue weighted by Crippen LogP contribution is 2.36. The number of benzene rings is 1. The van der Waals surface area contributed by atoms with E-state index in [-0.39, 0.29) is 11.5 Å². The van der Waals surface area contributed by atoms with Crippen LogP contribution in [0.3, 0.4) is 0 Å². The third kappa shape index (κ3) is 3.50. The van der Waals surface area contributed by atoms with Crippen LogP contribution in [0.25, 0.3) is 0 Å². The van der Waals surface area contributed by atoms with E-state index in [0.717, 1.165) is 19.0 Å². The molecule has 0 bridgehead atoms. The van der Waals surface area contributed by atoms with E-state index in [0.29, 0.717) is 5.56 Å². The summed E-state index contributed by atoms with van der Waals surface area (Å²) < 4.78 is 26.5. The predicted molar refractivity (Wildman–Crippen MR) is 66.8 cm³/mol. The van der Waals surface area contributed by atoms with Crippen molar-refractivity contribution in [1.82, 2.24) is 5.32 Å². The molecule has 0 aromatic heterocycles. The van der Waals surface area contributed by atoms with E-state index in [2.05, 4.69) is 26.1 Å². The van der Waals surface area contributed by atoms with E-state index >= 15 is 0 Å². The summed E-state index contributed by atoms with van der Waals surface area (Å²) in [6.45, 7) is 9.05. The minimum atomic E-state index is -0.519. The first-order valence-electron chi connectivity index (χ1n) is 6.10. The van der Waals surface area contributed by atoms with Crippen LogP contribution in [0, 0.1) is 17.0 Å². The molecule has 1 nitrogen and oxygen atoms in total. The fraction of sp³-hybridized carbons (Fsp3) is 0.571. The maximum atomic E-state index is 13.3. The first-order valence-corrected chi connectivity index (χ1v) is 6.10. The Morgan fingerprint density at radius 1 is 1.12 bits per heavy atom. The second-order valence-corrected chi connectivity index (χ2v) is 5.04. The molecule has 0 amide bonds. The molecule has 0 saturated carbocycles. The summed E-state index contributed by atoms with van der Waals surface area (Å²) >= 11 is 0. The number of hydrogen-bond acceptors (Lipinski definition) is 1. The van der Waals surface area contributed by atoms with Gasteiger partial charge in [0.05, 0.1) is 0 Å². The van der Waals surface area contributed by atoms with Crippen LogP contribution in [0.1, 0.15) is 45.7 Å². The highest BCUT2D eigenvalue weighted by atomic mass is 19.1. The summed E-state index contributed by atoms with van der Waals surface area (Å²) in [7, 11) is 0. The van der Waals surface area contributed by atoms with Crippen LogP contribution in [0.15, 0.2) is 18.2 Å². The van der Waals surface area contributed by atoms with E-state index in [9.17, 15) is 8.78 Å². The normalized spacial score (nSPS) is 13.8. The van der Waals surface area contributed by atoms with Crippen molar-refractivity contribution < 1.29 is 8.78 Å². The van der Waals surface area contributed by atoms with Crippen molar-refractivity contribution in [1.29, 1.82) is 0 Å². The van der Waals surface area contributed by atoms with Gasteiger partial charge in [-0.1, -0.05) is 27.7 Å². The molecule has 1 rings (SSSR count). The van der Waals surface area contributed by atoms with Gasteiger partial charge in [0.2, 0.25) is 0 Å². The number of hydrogen-bond donors (Lipinski definition) is 1. The van der Waals surface area contributed by atoms with Gasteiger partial charge < -0.3 is 5.32 Å². The highest BCUT2D eigenvalue weighted by Gasteiger charge is 2.29. The highest BCUT2D eigenvalue weighted by molar-refractivity contribution is 5.23. The molecule has 1 unspecified atom stereocenters. The quantitative estimate of drug-likeness (QED) is 0.820. The lowest BCUT2D eigenvalue weighted by Gasteiger charge is -2.34. The molecule has 0 saturated heterocycles. The average molecular weight is 241 g/mol. The molecular weight excluding hydrogens is 220 g/mol. The van der Waals surface area contributed by atoms with Gasteiger partial charge in [-0.25, -0.2) is 8.78 Å². The van der Waals surface area contributed by atoms with Gasteiger partial charge in [0.1, 0.15) is 11.6 Å². The van der Waals surface area contributed by atoms with Gasteiger partial charge in [-0.15, -0.1) is 0 Å². The van der Waals surface area contributed by atoms with Crippen LogP contribution in [-0.2, 0) is 0 Å². The Kier molecular flexibility index (Phi) is 4.63. The monoisotopic (exact) mass is 241 g/mol. The van der Waals surface area contributed by atoms with E-state index in [1.807, 2.05) is 6.92 Å². The van der Waals surface area contributed by atoms with Crippen LogP contribution in [0.2, 0.25) is 0 Å². The van der Waals surface area contributed by atoms with E-state index in [4.69, 9.17) is 0 Å². The maximum absolute atomic E-state index is 13.3. The predicted octanol–water partition coefficient (Wildman–Crippen LogP) is 4.05. The van der Waals surface area contributed by atoms with Crippen molar-refractivity contribution in [3.8, 4) is 0 Å². The van der Waals surface area contributed by atoms with Gasteiger partial charge in [-0.05, 0) is 36.1 Å². The molecule has 0 spiro atoms. The number of rotatable bonds is 5. The first kappa shape index (κ1) is 14.1. The van der Waals surface area contributed by atoms with Gasteiger partial charge >= 0.3 is 0 Å². The smallest absolute Gasteiger partial charge is 0.126 e. The molecule has 0 fully saturated rings. The third-order valence-electron chi connectivity index (χ3n) is 3.32. The van der Waals surface area contributed by atoms with Crippen LogP contribution in [0.4, 0.5) is 8.78 Å². The molecule has 0 aliphatic carbocycles. The summed E-state index contributed by atoms with van der Waals surface area (Å²) in [5.74, 6) is -1.04. The largest absolute Gasteiger partial charge is 0.310 e. The second-order valence-electron chi connectivity index (χ2n) is 5.04. The zero-order chi connectivity index (χ0) is 13.1. The lowest BCUT2D eigenvalue weighted by atomic mass is 9.78. The van der Waals surface area contributed by atoms with Crippen molar-refractivity contribution >= 4 is 0 Å². The third-order valence-corrected chi connectivity index (χ3v) is 3.32. The molecule has 3 heteroatoms. The summed E-state index contributed by atoms with van der Waals surface area (Å²) in [5, 5.41) is 3.31. The van der Waals surface area contributed by atoms with Crippen molar-refractivity contribution in [2.75, 3.05) is 6.54 Å². The molecule has 0 heterocycles. The Bertz CT molecular complexity index is 354. The lowest BCUT2D eigenvalue weighted by molar-refractivity contribution is 0.236. The van der Waals surface area contributed by atoms with Crippen LogP contribution >= 0.6 is 0 Å². The minimum absolute atomic E-state index is 0.0392. The van der Waals surface area contributed by atoms with Gasteiger partial charge in [0, 0.05) is 12.1 Å². The zero-order valence-electron chi connectivity index (χ0n) is 11.0. The Labute approximate surface area is 102 Å². The topological polar surface area (TPSA) is 12.0 Å². The number of halogens is 2. The molecule has 17 heavy (non-hydrogen) atoms. The molecule has 1 N–H and O–H groups in total. The summed E-state index contributed by atoms with van der Waals surface area (Å²) in [5.41, 5.74) is 0.632.